The van der Waals surface area contributed by atoms with Gasteiger partial charge in [0.25, 0.3) is 0 Å². The minimum Gasteiger partial charge on any atom is -0.423 e. The Morgan fingerprint density at radius 2 is 2.04 bits per heavy atom. The monoisotopic (exact) mass is 400 g/mol. The number of anilines is 1. The number of nitrogens with one attached hydrogen (secondary N) is 1. The summed E-state index contributed by atoms with van der Waals surface area (Å²) in [4.78, 5) is 18.8. The quantitative estimate of drug-likeness (QED) is 0.494. The molecule has 0 saturated heterocycles. The van der Waals surface area contributed by atoms with Gasteiger partial charge in [0.2, 0.25) is 5.82 Å². The molecule has 0 unspecified atom stereocenters. The first-order valence-corrected chi connectivity index (χ1v) is 8.54. The van der Waals surface area contributed by atoms with Gasteiger partial charge in [-0.15, -0.1) is 0 Å². The summed E-state index contributed by atoms with van der Waals surface area (Å²) in [7, 11) is 0. The number of halogens is 1. The van der Waals surface area contributed by atoms with Gasteiger partial charge in [-0.2, -0.15) is 9.97 Å². The fourth-order valence-electron chi connectivity index (χ4n) is 2.46. The van der Waals surface area contributed by atoms with Crippen LogP contribution in [0.25, 0.3) is 10.8 Å². The largest absolute Gasteiger partial charge is 0.423 e. The van der Waals surface area contributed by atoms with E-state index >= 15 is 0 Å². The van der Waals surface area contributed by atoms with Crippen molar-refractivity contribution in [1.82, 2.24) is 9.97 Å². The molecule has 1 aromatic heterocycles. The van der Waals surface area contributed by atoms with E-state index in [2.05, 4.69) is 31.2 Å². The van der Waals surface area contributed by atoms with Crippen LogP contribution in [-0.2, 0) is 0 Å². The van der Waals surface area contributed by atoms with Gasteiger partial charge in [0.1, 0.15) is 11.9 Å². The maximum absolute atomic E-state index is 11.1. The van der Waals surface area contributed by atoms with E-state index in [4.69, 9.17) is 4.74 Å². The van der Waals surface area contributed by atoms with E-state index in [0.717, 1.165) is 28.1 Å². The topological polar surface area (TPSA) is 90.2 Å². The Hall–Kier alpha value is -2.74. The summed E-state index contributed by atoms with van der Waals surface area (Å²) in [6, 6.07) is 11.9. The van der Waals surface area contributed by atoms with Crippen molar-refractivity contribution in [2.75, 3.05) is 5.32 Å². The first kappa shape index (κ1) is 15.8. The Kier molecular flexibility index (Phi) is 3.96. The van der Waals surface area contributed by atoms with Crippen LogP contribution in [0.5, 0.6) is 11.8 Å². The highest BCUT2D eigenvalue weighted by Crippen LogP contribution is 2.36. The van der Waals surface area contributed by atoms with Crippen LogP contribution in [0, 0.1) is 10.1 Å². The van der Waals surface area contributed by atoms with Gasteiger partial charge in [0.15, 0.2) is 0 Å². The van der Waals surface area contributed by atoms with E-state index in [-0.39, 0.29) is 23.6 Å². The van der Waals surface area contributed by atoms with E-state index < -0.39 is 4.92 Å². The first-order valence-electron chi connectivity index (χ1n) is 7.75. The van der Waals surface area contributed by atoms with Crippen LogP contribution in [0.1, 0.15) is 12.8 Å². The number of fused-ring (bicyclic) bond motifs is 1. The minimum atomic E-state index is -0.500. The Balaban J connectivity index is 1.68. The van der Waals surface area contributed by atoms with E-state index in [1.165, 1.54) is 6.20 Å². The number of nitro groups is 1. The molecule has 0 radical (unpaired) electrons. The summed E-state index contributed by atoms with van der Waals surface area (Å²) >= 11 is 3.54. The van der Waals surface area contributed by atoms with Crippen LogP contribution < -0.4 is 10.1 Å². The van der Waals surface area contributed by atoms with Gasteiger partial charge >= 0.3 is 11.7 Å². The summed E-state index contributed by atoms with van der Waals surface area (Å²) in [5.41, 5.74) is -0.156. The van der Waals surface area contributed by atoms with Crippen molar-refractivity contribution in [2.24, 2.45) is 0 Å². The predicted octanol–water partition coefficient (Wildman–Crippen LogP) is 4.67. The zero-order valence-electron chi connectivity index (χ0n) is 13.0. The molecule has 0 spiro atoms. The third-order valence-corrected chi connectivity index (χ3v) is 4.71. The fourth-order valence-corrected chi connectivity index (χ4v) is 3.03. The highest BCUT2D eigenvalue weighted by molar-refractivity contribution is 9.10. The molecule has 0 amide bonds. The lowest BCUT2D eigenvalue weighted by Gasteiger charge is -2.10. The fraction of sp³-hybridized carbons (Fsp3) is 0.176. The van der Waals surface area contributed by atoms with Crippen molar-refractivity contribution in [3.8, 4) is 11.8 Å². The molecule has 126 valence electrons. The lowest BCUT2D eigenvalue weighted by atomic mass is 10.1. The maximum Gasteiger partial charge on any atom is 0.329 e. The number of hydrogen-bond donors (Lipinski definition) is 1. The lowest BCUT2D eigenvalue weighted by molar-refractivity contribution is -0.384. The molecule has 1 aliphatic carbocycles. The molecule has 0 aliphatic heterocycles. The second kappa shape index (κ2) is 6.29. The summed E-state index contributed by atoms with van der Waals surface area (Å²) in [5, 5.41) is 16.3. The number of ether oxygens (including phenoxy) is 1. The zero-order valence-corrected chi connectivity index (χ0v) is 14.6. The second-order valence-corrected chi connectivity index (χ2v) is 6.56. The molecule has 1 saturated carbocycles. The molecular weight excluding hydrogens is 388 g/mol. The molecule has 1 heterocycles. The smallest absolute Gasteiger partial charge is 0.329 e. The van der Waals surface area contributed by atoms with Gasteiger partial charge in [0, 0.05) is 6.04 Å². The van der Waals surface area contributed by atoms with Gasteiger partial charge in [-0.1, -0.05) is 30.3 Å². The van der Waals surface area contributed by atoms with Crippen molar-refractivity contribution in [3.05, 3.63) is 57.2 Å². The number of hydrogen-bond acceptors (Lipinski definition) is 6. The average molecular weight is 401 g/mol. The Morgan fingerprint density at radius 3 is 2.80 bits per heavy atom. The van der Waals surface area contributed by atoms with Gasteiger partial charge in [-0.05, 0) is 45.6 Å². The molecule has 1 aliphatic rings. The van der Waals surface area contributed by atoms with Crippen LogP contribution in [0.3, 0.4) is 0 Å². The van der Waals surface area contributed by atoms with Crippen LogP contribution in [0.2, 0.25) is 0 Å². The van der Waals surface area contributed by atoms with Crippen molar-refractivity contribution in [3.63, 3.8) is 0 Å². The Morgan fingerprint density at radius 1 is 1.24 bits per heavy atom. The van der Waals surface area contributed by atoms with Gasteiger partial charge in [-0.3, -0.25) is 10.1 Å². The van der Waals surface area contributed by atoms with E-state index in [1.54, 1.807) is 0 Å². The van der Waals surface area contributed by atoms with E-state index in [1.807, 2.05) is 36.4 Å². The Labute approximate surface area is 151 Å². The Bertz CT molecular complexity index is 975. The van der Waals surface area contributed by atoms with Crippen LogP contribution in [-0.4, -0.2) is 20.9 Å². The van der Waals surface area contributed by atoms with Gasteiger partial charge < -0.3 is 10.1 Å². The SMILES string of the molecule is O=[N+]([O-])c1cnc(Oc2ccc3ccccc3c2Br)nc1NC1CC1. The molecule has 2 aromatic carbocycles. The molecule has 25 heavy (non-hydrogen) atoms. The number of rotatable bonds is 5. The molecule has 7 nitrogen and oxygen atoms in total. The summed E-state index contributed by atoms with van der Waals surface area (Å²) in [6.45, 7) is 0. The van der Waals surface area contributed by atoms with Crippen molar-refractivity contribution >= 4 is 38.2 Å². The minimum absolute atomic E-state index is 0.0599. The third-order valence-electron chi connectivity index (χ3n) is 3.89. The molecule has 4 rings (SSSR count). The molecule has 1 N–H and O–H groups in total. The number of aromatic nitrogens is 2. The molecule has 0 atom stereocenters. The average Bonchev–Trinajstić information content (AvgIpc) is 3.42. The van der Waals surface area contributed by atoms with Crippen LogP contribution >= 0.6 is 15.9 Å². The highest BCUT2D eigenvalue weighted by atomic mass is 79.9. The van der Waals surface area contributed by atoms with Crippen molar-refractivity contribution in [1.29, 1.82) is 0 Å². The third kappa shape index (κ3) is 3.25. The number of benzene rings is 2. The summed E-state index contributed by atoms with van der Waals surface area (Å²) < 4.78 is 6.54. The molecule has 1 fully saturated rings. The van der Waals surface area contributed by atoms with Crippen molar-refractivity contribution < 1.29 is 9.66 Å². The maximum atomic E-state index is 11.1. The first-order chi connectivity index (χ1) is 12.1. The molecule has 0 bridgehead atoms. The highest BCUT2D eigenvalue weighted by Gasteiger charge is 2.27. The normalized spacial score (nSPS) is 13.6. The predicted molar refractivity (Wildman–Crippen MR) is 97.1 cm³/mol. The van der Waals surface area contributed by atoms with Gasteiger partial charge in [-0.25, -0.2) is 0 Å². The van der Waals surface area contributed by atoms with Crippen molar-refractivity contribution in [2.45, 2.75) is 18.9 Å². The zero-order chi connectivity index (χ0) is 17.4. The summed E-state index contributed by atoms with van der Waals surface area (Å²) in [6.07, 6.45) is 3.13. The molecule has 3 aromatic rings. The standard InChI is InChI=1S/C17H13BrN4O3/c18-15-12-4-2-1-3-10(12)5-8-14(15)25-17-19-9-13(22(23)24)16(21-17)20-11-6-7-11/h1-5,8-9,11H,6-7H2,(H,19,20,21). The number of nitrogens with zero attached hydrogens (tertiary/aromatic N) is 3. The van der Waals surface area contributed by atoms with Crippen LogP contribution in [0.4, 0.5) is 11.5 Å². The van der Waals surface area contributed by atoms with Crippen LogP contribution in [0.15, 0.2) is 47.1 Å². The molecule has 8 heteroatoms. The molecular formula is C17H13BrN4O3. The summed E-state index contributed by atoms with van der Waals surface area (Å²) in [5.74, 6) is 0.735. The second-order valence-electron chi connectivity index (χ2n) is 5.76. The van der Waals surface area contributed by atoms with E-state index in [0.29, 0.717) is 5.75 Å². The van der Waals surface area contributed by atoms with Gasteiger partial charge in [0.05, 0.1) is 9.40 Å². The lowest BCUT2D eigenvalue weighted by Crippen LogP contribution is -2.08. The van der Waals surface area contributed by atoms with E-state index in [9.17, 15) is 10.1 Å².